The third-order valence-corrected chi connectivity index (χ3v) is 6.80. The van der Waals surface area contributed by atoms with Crippen molar-refractivity contribution >= 4 is 33.8 Å². The van der Waals surface area contributed by atoms with E-state index in [1.807, 2.05) is 44.2 Å². The van der Waals surface area contributed by atoms with Crippen LogP contribution < -0.4 is 11.2 Å². The number of rotatable bonds is 4. The molecule has 4 aromatic rings. The Balaban J connectivity index is 1.77. The molecule has 0 saturated carbocycles. The molecule has 10 heteroatoms. The highest BCUT2D eigenvalue weighted by molar-refractivity contribution is 7.71. The van der Waals surface area contributed by atoms with E-state index in [1.54, 1.807) is 4.57 Å². The molecule has 3 aromatic heterocycles. The van der Waals surface area contributed by atoms with E-state index in [4.69, 9.17) is 21.4 Å². The minimum absolute atomic E-state index is 0.0972. The zero-order chi connectivity index (χ0) is 21.8. The smallest absolute Gasteiger partial charge is 0.332 e. The number of aromatic nitrogens is 4. The lowest BCUT2D eigenvalue weighted by Gasteiger charge is -2.29. The molecule has 0 radical (unpaired) electrons. The van der Waals surface area contributed by atoms with Crippen molar-refractivity contribution in [2.45, 2.75) is 45.6 Å². The van der Waals surface area contributed by atoms with Crippen molar-refractivity contribution in [3.63, 3.8) is 0 Å². The summed E-state index contributed by atoms with van der Waals surface area (Å²) in [6, 6.07) is 9.70. The van der Waals surface area contributed by atoms with Crippen LogP contribution in [-0.4, -0.2) is 24.9 Å². The molecule has 1 aromatic carbocycles. The topological polar surface area (TPSA) is 95.0 Å². The lowest BCUT2D eigenvalue weighted by Crippen LogP contribution is -2.41. The molecule has 0 bridgehead atoms. The minimum atomic E-state index is -0.413. The number of aromatic amines is 1. The van der Waals surface area contributed by atoms with E-state index in [2.05, 4.69) is 10.2 Å². The Morgan fingerprint density at radius 2 is 1.97 bits per heavy atom. The second kappa shape index (κ2) is 7.40. The SMILES string of the molecule is CC1(C)Cc2c(sc3c2c(=O)n(Cc2n[nH]c(=S)o2)c(=O)n3Cc2ccccc2)CO1. The van der Waals surface area contributed by atoms with E-state index in [1.165, 1.54) is 15.9 Å². The van der Waals surface area contributed by atoms with Crippen molar-refractivity contribution in [1.82, 2.24) is 19.3 Å². The number of fused-ring (bicyclic) bond motifs is 3. The van der Waals surface area contributed by atoms with E-state index >= 15 is 0 Å². The van der Waals surface area contributed by atoms with Crippen molar-refractivity contribution in [3.05, 3.63) is 77.9 Å². The van der Waals surface area contributed by atoms with Gasteiger partial charge in [-0.05, 0) is 37.2 Å². The van der Waals surface area contributed by atoms with Crippen LogP contribution in [0.2, 0.25) is 0 Å². The van der Waals surface area contributed by atoms with Gasteiger partial charge in [-0.2, -0.15) is 0 Å². The number of nitrogens with zero attached hydrogens (tertiary/aromatic N) is 3. The number of benzene rings is 1. The van der Waals surface area contributed by atoms with Crippen LogP contribution in [0.5, 0.6) is 0 Å². The molecule has 8 nitrogen and oxygen atoms in total. The van der Waals surface area contributed by atoms with Crippen LogP contribution in [0, 0.1) is 4.84 Å². The van der Waals surface area contributed by atoms with Gasteiger partial charge in [-0.25, -0.2) is 9.89 Å². The summed E-state index contributed by atoms with van der Waals surface area (Å²) < 4.78 is 14.1. The van der Waals surface area contributed by atoms with E-state index in [0.717, 1.165) is 16.0 Å². The molecule has 31 heavy (non-hydrogen) atoms. The van der Waals surface area contributed by atoms with Crippen molar-refractivity contribution in [2.24, 2.45) is 0 Å². The predicted molar refractivity (Wildman–Crippen MR) is 119 cm³/mol. The second-order valence-electron chi connectivity index (χ2n) is 8.16. The molecule has 1 N–H and O–H groups in total. The molecular formula is C21H20N4O4S2. The van der Waals surface area contributed by atoms with E-state index < -0.39 is 5.69 Å². The van der Waals surface area contributed by atoms with Gasteiger partial charge in [0.1, 0.15) is 11.4 Å². The van der Waals surface area contributed by atoms with Crippen molar-refractivity contribution in [1.29, 1.82) is 0 Å². The molecule has 0 atom stereocenters. The summed E-state index contributed by atoms with van der Waals surface area (Å²) in [5, 5.41) is 7.07. The summed E-state index contributed by atoms with van der Waals surface area (Å²) >= 11 is 6.38. The van der Waals surface area contributed by atoms with Gasteiger partial charge in [-0.1, -0.05) is 30.3 Å². The van der Waals surface area contributed by atoms with Gasteiger partial charge in [0.2, 0.25) is 5.89 Å². The molecule has 0 aliphatic carbocycles. The molecule has 0 saturated heterocycles. The lowest BCUT2D eigenvalue weighted by molar-refractivity contribution is -0.0379. The highest BCUT2D eigenvalue weighted by atomic mass is 32.1. The molecule has 0 unspecified atom stereocenters. The number of hydrogen-bond donors (Lipinski definition) is 1. The molecule has 5 rings (SSSR count). The third kappa shape index (κ3) is 3.60. The van der Waals surface area contributed by atoms with Gasteiger partial charge >= 0.3 is 5.69 Å². The van der Waals surface area contributed by atoms with Crippen molar-refractivity contribution in [2.75, 3.05) is 0 Å². The second-order valence-corrected chi connectivity index (χ2v) is 9.62. The third-order valence-electron chi connectivity index (χ3n) is 5.39. The Hall–Kier alpha value is -2.82. The van der Waals surface area contributed by atoms with Crippen molar-refractivity contribution in [3.8, 4) is 0 Å². The van der Waals surface area contributed by atoms with Crippen LogP contribution in [0.1, 0.15) is 35.7 Å². The highest BCUT2D eigenvalue weighted by Gasteiger charge is 2.32. The van der Waals surface area contributed by atoms with Crippen LogP contribution in [0.4, 0.5) is 0 Å². The molecule has 160 valence electrons. The standard InChI is InChI=1S/C21H20N4O4S2/c1-21(2)8-13-14(11-28-21)31-18-16(13)17(26)24(10-15-22-23-19(30)29-15)20(27)25(18)9-12-6-4-3-5-7-12/h3-7H,8-11H2,1-2H3,(H,23,30). The van der Waals surface area contributed by atoms with Crippen LogP contribution in [0.15, 0.2) is 44.3 Å². The van der Waals surface area contributed by atoms with E-state index in [-0.39, 0.29) is 28.4 Å². The number of hydrogen-bond acceptors (Lipinski definition) is 7. The number of ether oxygens (including phenoxy) is 1. The quantitative estimate of drug-likeness (QED) is 0.474. The Labute approximate surface area is 185 Å². The first-order valence-corrected chi connectivity index (χ1v) is 11.0. The van der Waals surface area contributed by atoms with Gasteiger partial charge in [-0.15, -0.1) is 16.4 Å². The fraction of sp³-hybridized carbons (Fsp3) is 0.333. The number of thiophene rings is 1. The van der Waals surface area contributed by atoms with Gasteiger partial charge in [0, 0.05) is 11.3 Å². The summed E-state index contributed by atoms with van der Waals surface area (Å²) in [5.41, 5.74) is 0.789. The monoisotopic (exact) mass is 456 g/mol. The van der Waals surface area contributed by atoms with Gasteiger partial charge in [0.05, 0.1) is 24.1 Å². The predicted octanol–water partition coefficient (Wildman–Crippen LogP) is 3.22. The largest absolute Gasteiger partial charge is 0.412 e. The molecule has 0 fully saturated rings. The summed E-state index contributed by atoms with van der Waals surface area (Å²) in [4.78, 5) is 28.7. The van der Waals surface area contributed by atoms with Gasteiger partial charge in [-0.3, -0.25) is 13.9 Å². The molecule has 1 aliphatic heterocycles. The first-order valence-electron chi connectivity index (χ1n) is 9.82. The maximum atomic E-state index is 13.5. The summed E-state index contributed by atoms with van der Waals surface area (Å²) in [7, 11) is 0. The van der Waals surface area contributed by atoms with Gasteiger partial charge in [0.25, 0.3) is 10.4 Å². The summed E-state index contributed by atoms with van der Waals surface area (Å²) in [6.45, 7) is 4.69. The molecule has 0 amide bonds. The molecule has 1 aliphatic rings. The van der Waals surface area contributed by atoms with Gasteiger partial charge in [0.15, 0.2) is 0 Å². The molecule has 4 heterocycles. The van der Waals surface area contributed by atoms with Gasteiger partial charge < -0.3 is 9.15 Å². The number of nitrogens with one attached hydrogen (secondary N) is 1. The first kappa shape index (κ1) is 20.1. The zero-order valence-electron chi connectivity index (χ0n) is 17.0. The average molecular weight is 457 g/mol. The maximum absolute atomic E-state index is 13.5. The Morgan fingerprint density at radius 1 is 1.19 bits per heavy atom. The maximum Gasteiger partial charge on any atom is 0.332 e. The van der Waals surface area contributed by atoms with E-state index in [9.17, 15) is 9.59 Å². The minimum Gasteiger partial charge on any atom is -0.412 e. The van der Waals surface area contributed by atoms with E-state index in [0.29, 0.717) is 29.8 Å². The van der Waals surface area contributed by atoms with Crippen LogP contribution in [0.25, 0.3) is 10.2 Å². The van der Waals surface area contributed by atoms with Crippen molar-refractivity contribution < 1.29 is 9.15 Å². The first-order chi connectivity index (χ1) is 14.8. The zero-order valence-corrected chi connectivity index (χ0v) is 18.6. The molecule has 0 spiro atoms. The average Bonchev–Trinajstić information content (AvgIpc) is 3.31. The Bertz CT molecular complexity index is 1460. The molecular weight excluding hydrogens is 436 g/mol. The highest BCUT2D eigenvalue weighted by Crippen LogP contribution is 2.37. The Morgan fingerprint density at radius 3 is 2.68 bits per heavy atom. The van der Waals surface area contributed by atoms with Crippen LogP contribution >= 0.6 is 23.6 Å². The lowest BCUT2D eigenvalue weighted by atomic mass is 9.94. The van der Waals surface area contributed by atoms with Crippen LogP contribution in [-0.2, 0) is 30.9 Å². The summed E-state index contributed by atoms with van der Waals surface area (Å²) in [6.07, 6.45) is 0.601. The fourth-order valence-electron chi connectivity index (χ4n) is 3.91. The van der Waals surface area contributed by atoms with Crippen LogP contribution in [0.3, 0.4) is 0 Å². The Kier molecular flexibility index (Phi) is 4.80. The summed E-state index contributed by atoms with van der Waals surface area (Å²) in [5.74, 6) is 0.183. The fourth-order valence-corrected chi connectivity index (χ4v) is 5.27. The number of H-pyrrole nitrogens is 1. The normalized spacial score (nSPS) is 15.3.